The Morgan fingerprint density at radius 2 is 1.72 bits per heavy atom. The highest BCUT2D eigenvalue weighted by Gasteiger charge is 2.22. The number of benzene rings is 2. The number of hydrogen-bond donors (Lipinski definition) is 0. The maximum Gasteiger partial charge on any atom is 0.225 e. The number of ether oxygens (including phenoxy) is 1. The van der Waals surface area contributed by atoms with E-state index in [0.29, 0.717) is 11.1 Å². The molecule has 1 aliphatic heterocycles. The van der Waals surface area contributed by atoms with Gasteiger partial charge in [-0.2, -0.15) is 0 Å². The van der Waals surface area contributed by atoms with Gasteiger partial charge in [0.25, 0.3) is 0 Å². The average Bonchev–Trinajstić information content (AvgIpc) is 2.80. The molecule has 0 spiro atoms. The van der Waals surface area contributed by atoms with Crippen LogP contribution in [-0.2, 0) is 16.3 Å². The van der Waals surface area contributed by atoms with Gasteiger partial charge in [-0.1, -0.05) is 25.1 Å². The Kier molecular flexibility index (Phi) is 6.41. The minimum atomic E-state index is -3.44. The third-order valence-corrected chi connectivity index (χ3v) is 6.77. The van der Waals surface area contributed by atoms with Crippen molar-refractivity contribution < 1.29 is 17.5 Å². The first-order valence-corrected chi connectivity index (χ1v) is 12.5. The number of nitrogens with zero attached hydrogens (tertiary/aromatic N) is 3. The maximum atomic E-state index is 14.4. The van der Waals surface area contributed by atoms with Crippen molar-refractivity contribution in [1.29, 1.82) is 0 Å². The number of rotatable bonds is 6. The van der Waals surface area contributed by atoms with Gasteiger partial charge in [-0.3, -0.25) is 0 Å². The second-order valence-electron chi connectivity index (χ2n) is 7.99. The van der Waals surface area contributed by atoms with Crippen LogP contribution in [-0.4, -0.2) is 43.8 Å². The van der Waals surface area contributed by atoms with Crippen LogP contribution < -0.4 is 9.64 Å². The molecule has 1 aliphatic rings. The number of sulfone groups is 1. The second kappa shape index (κ2) is 9.24. The van der Waals surface area contributed by atoms with E-state index in [1.807, 2.05) is 24.5 Å². The minimum absolute atomic E-state index is 0.0308. The van der Waals surface area contributed by atoms with Crippen LogP contribution in [0.15, 0.2) is 59.8 Å². The molecule has 0 N–H and O–H groups in total. The van der Waals surface area contributed by atoms with E-state index in [9.17, 15) is 12.8 Å². The van der Waals surface area contributed by atoms with Crippen LogP contribution in [0.3, 0.4) is 0 Å². The topological polar surface area (TPSA) is 72.4 Å². The lowest BCUT2D eigenvalue weighted by atomic mass is 10.0. The fourth-order valence-corrected chi connectivity index (χ4v) is 4.37. The van der Waals surface area contributed by atoms with Crippen molar-refractivity contribution in [1.82, 2.24) is 9.97 Å². The zero-order chi connectivity index (χ0) is 22.7. The van der Waals surface area contributed by atoms with Gasteiger partial charge in [0, 0.05) is 50.1 Å². The summed E-state index contributed by atoms with van der Waals surface area (Å²) in [6.07, 6.45) is 7.57. The average molecular weight is 456 g/mol. The number of anilines is 1. The number of halogens is 1. The molecule has 0 atom stereocenters. The van der Waals surface area contributed by atoms with E-state index in [4.69, 9.17) is 4.74 Å². The fraction of sp³-hybridized carbons (Fsp3) is 0.333. The van der Waals surface area contributed by atoms with E-state index in [1.165, 1.54) is 12.1 Å². The predicted octanol–water partition coefficient (Wildman–Crippen LogP) is 4.30. The zero-order valence-electron chi connectivity index (χ0n) is 18.2. The van der Waals surface area contributed by atoms with Gasteiger partial charge in [0.15, 0.2) is 9.84 Å². The minimum Gasteiger partial charge on any atom is -0.490 e. The molecule has 1 fully saturated rings. The summed E-state index contributed by atoms with van der Waals surface area (Å²) in [5, 5.41) is 0. The van der Waals surface area contributed by atoms with Crippen LogP contribution in [0.1, 0.15) is 25.3 Å². The van der Waals surface area contributed by atoms with E-state index in [1.54, 1.807) is 12.1 Å². The van der Waals surface area contributed by atoms with E-state index in [-0.39, 0.29) is 11.0 Å². The second-order valence-corrected chi connectivity index (χ2v) is 10.0. The molecular weight excluding hydrogens is 429 g/mol. The van der Waals surface area contributed by atoms with Gasteiger partial charge in [0.05, 0.1) is 4.90 Å². The van der Waals surface area contributed by atoms with Gasteiger partial charge in [-0.25, -0.2) is 22.8 Å². The summed E-state index contributed by atoms with van der Waals surface area (Å²) in [5.41, 5.74) is 2.14. The molecule has 6 nitrogen and oxygen atoms in total. The van der Waals surface area contributed by atoms with Gasteiger partial charge >= 0.3 is 0 Å². The molecule has 1 aromatic heterocycles. The monoisotopic (exact) mass is 455 g/mol. The Balaban J connectivity index is 1.36. The first-order valence-electron chi connectivity index (χ1n) is 10.7. The number of hydrogen-bond acceptors (Lipinski definition) is 6. The molecule has 2 heterocycles. The summed E-state index contributed by atoms with van der Waals surface area (Å²) < 4.78 is 43.8. The molecule has 0 aliphatic carbocycles. The van der Waals surface area contributed by atoms with Crippen molar-refractivity contribution in [2.45, 2.75) is 37.2 Å². The Bertz CT molecular complexity index is 1170. The van der Waals surface area contributed by atoms with Gasteiger partial charge in [-0.05, 0) is 41.8 Å². The Labute approximate surface area is 188 Å². The van der Waals surface area contributed by atoms with Crippen LogP contribution >= 0.6 is 0 Å². The highest BCUT2D eigenvalue weighted by atomic mass is 32.2. The Hall–Kier alpha value is -3.00. The summed E-state index contributed by atoms with van der Waals surface area (Å²) >= 11 is 0. The number of aryl methyl sites for hydroxylation is 1. The van der Waals surface area contributed by atoms with Crippen molar-refractivity contribution in [2.24, 2.45) is 0 Å². The first kappa shape index (κ1) is 22.2. The SMILES string of the molecule is CCc1cnc(N2CCC(Oc3ccc(-c4ccc(S(C)(=O)=O)cc4F)cc3)CC2)nc1. The Morgan fingerprint density at radius 3 is 2.28 bits per heavy atom. The van der Waals surface area contributed by atoms with Gasteiger partial charge in [-0.15, -0.1) is 0 Å². The lowest BCUT2D eigenvalue weighted by molar-refractivity contribution is 0.170. The van der Waals surface area contributed by atoms with Crippen LogP contribution in [0.2, 0.25) is 0 Å². The summed E-state index contributed by atoms with van der Waals surface area (Å²) in [7, 11) is -3.44. The van der Waals surface area contributed by atoms with E-state index in [0.717, 1.165) is 61.9 Å². The standard InChI is InChI=1S/C24H26FN3O3S/c1-3-17-15-26-24(27-16-17)28-12-10-20(11-13-28)31-19-6-4-18(5-7-19)22-9-8-21(14-23(22)25)32(2,29)30/h4-9,14-16,20H,3,10-13H2,1-2H3. The van der Waals surface area contributed by atoms with Gasteiger partial charge in [0.1, 0.15) is 17.7 Å². The van der Waals surface area contributed by atoms with Crippen LogP contribution in [0.5, 0.6) is 5.75 Å². The van der Waals surface area contributed by atoms with Crippen molar-refractivity contribution in [3.05, 3.63) is 66.2 Å². The molecule has 8 heteroatoms. The molecule has 168 valence electrons. The van der Waals surface area contributed by atoms with Crippen molar-refractivity contribution in [3.63, 3.8) is 0 Å². The predicted molar refractivity (Wildman–Crippen MR) is 122 cm³/mol. The van der Waals surface area contributed by atoms with E-state index >= 15 is 0 Å². The lowest BCUT2D eigenvalue weighted by Crippen LogP contribution is -2.39. The van der Waals surface area contributed by atoms with Crippen LogP contribution in [0, 0.1) is 5.82 Å². The summed E-state index contributed by atoms with van der Waals surface area (Å²) in [6.45, 7) is 3.73. The zero-order valence-corrected chi connectivity index (χ0v) is 19.0. The van der Waals surface area contributed by atoms with Crippen molar-refractivity contribution >= 4 is 15.8 Å². The molecule has 2 aromatic carbocycles. The molecular formula is C24H26FN3O3S. The molecule has 32 heavy (non-hydrogen) atoms. The highest BCUT2D eigenvalue weighted by Crippen LogP contribution is 2.28. The highest BCUT2D eigenvalue weighted by molar-refractivity contribution is 7.90. The summed E-state index contributed by atoms with van der Waals surface area (Å²) in [6, 6.07) is 11.2. The smallest absolute Gasteiger partial charge is 0.225 e. The Morgan fingerprint density at radius 1 is 1.06 bits per heavy atom. The molecule has 0 radical (unpaired) electrons. The third kappa shape index (κ3) is 5.07. The largest absolute Gasteiger partial charge is 0.490 e. The molecule has 0 saturated carbocycles. The first-order chi connectivity index (χ1) is 15.3. The third-order valence-electron chi connectivity index (χ3n) is 5.66. The van der Waals surface area contributed by atoms with Gasteiger partial charge < -0.3 is 9.64 Å². The fourth-order valence-electron chi connectivity index (χ4n) is 3.73. The van der Waals surface area contributed by atoms with Crippen molar-refractivity contribution in [3.8, 4) is 16.9 Å². The van der Waals surface area contributed by atoms with Crippen molar-refractivity contribution in [2.75, 3.05) is 24.2 Å². The number of aromatic nitrogens is 2. The van der Waals surface area contributed by atoms with E-state index in [2.05, 4.69) is 21.8 Å². The molecule has 0 bridgehead atoms. The summed E-state index contributed by atoms with van der Waals surface area (Å²) in [4.78, 5) is 11.1. The molecule has 3 aromatic rings. The quantitative estimate of drug-likeness (QED) is 0.552. The molecule has 1 saturated heterocycles. The maximum absolute atomic E-state index is 14.4. The molecule has 4 rings (SSSR count). The summed E-state index contributed by atoms with van der Waals surface area (Å²) in [5.74, 6) is 0.918. The molecule has 0 amide bonds. The van der Waals surface area contributed by atoms with Gasteiger partial charge in [0.2, 0.25) is 5.95 Å². The van der Waals surface area contributed by atoms with Crippen LogP contribution in [0.25, 0.3) is 11.1 Å². The van der Waals surface area contributed by atoms with Crippen LogP contribution in [0.4, 0.5) is 10.3 Å². The lowest BCUT2D eigenvalue weighted by Gasteiger charge is -2.32. The number of piperidine rings is 1. The normalized spacial score (nSPS) is 15.0. The van der Waals surface area contributed by atoms with E-state index < -0.39 is 15.7 Å². The molecule has 0 unspecified atom stereocenters.